The molecule has 0 radical (unpaired) electrons. The fourth-order valence-corrected chi connectivity index (χ4v) is 3.62. The first kappa shape index (κ1) is 22.6. The number of nitrogens with zero attached hydrogens (tertiary/aromatic N) is 4. The highest BCUT2D eigenvalue weighted by molar-refractivity contribution is 6.02. The van der Waals surface area contributed by atoms with Gasteiger partial charge in [-0.05, 0) is 67.6 Å². The molecule has 3 aromatic heterocycles. The highest BCUT2D eigenvalue weighted by Gasteiger charge is 2.14. The molecule has 0 unspecified atom stereocenters. The smallest absolute Gasteiger partial charge is 0.269 e. The number of carbonyl (C=O) groups excluding carboxylic acids is 2. The van der Waals surface area contributed by atoms with Gasteiger partial charge in [0.05, 0.1) is 11.4 Å². The molecular weight excluding hydrogens is 456 g/mol. The van der Waals surface area contributed by atoms with Gasteiger partial charge in [0, 0.05) is 29.7 Å². The monoisotopic (exact) mass is 478 g/mol. The van der Waals surface area contributed by atoms with E-state index in [1.165, 1.54) is 10.8 Å². The summed E-state index contributed by atoms with van der Waals surface area (Å²) in [5.74, 6) is 0.503. The summed E-state index contributed by atoms with van der Waals surface area (Å²) in [6, 6.07) is 22.0. The molecule has 178 valence electrons. The van der Waals surface area contributed by atoms with E-state index in [0.29, 0.717) is 17.1 Å². The molecule has 2 amide bonds. The Morgan fingerprint density at radius 2 is 1.67 bits per heavy atom. The molecule has 3 N–H and O–H groups in total. The third kappa shape index (κ3) is 4.85. The van der Waals surface area contributed by atoms with Gasteiger partial charge in [0.25, 0.3) is 5.91 Å². The number of para-hydroxylation sites is 1. The fraction of sp³-hybridized carbons (Fsp3) is 0.0370. The van der Waals surface area contributed by atoms with E-state index in [2.05, 4.69) is 15.5 Å². The SMILES string of the molecule is Cc1ccc(-c2nn(-c3ccccc3)cc2/C=C/C(=O)Nc2ccc(-n3ccc(C(N)=O)n3)cc2)o1. The summed E-state index contributed by atoms with van der Waals surface area (Å²) in [5.41, 5.74) is 9.03. The summed E-state index contributed by atoms with van der Waals surface area (Å²) < 4.78 is 9.07. The summed E-state index contributed by atoms with van der Waals surface area (Å²) in [4.78, 5) is 23.9. The van der Waals surface area contributed by atoms with Crippen LogP contribution < -0.4 is 11.1 Å². The number of aryl methyl sites for hydroxylation is 1. The van der Waals surface area contributed by atoms with Crippen LogP contribution in [0.3, 0.4) is 0 Å². The fourth-order valence-electron chi connectivity index (χ4n) is 3.62. The van der Waals surface area contributed by atoms with Crippen molar-refractivity contribution in [3.63, 3.8) is 0 Å². The van der Waals surface area contributed by atoms with Crippen molar-refractivity contribution in [2.75, 3.05) is 5.32 Å². The quantitative estimate of drug-likeness (QED) is 0.336. The zero-order valence-electron chi connectivity index (χ0n) is 19.3. The van der Waals surface area contributed by atoms with E-state index < -0.39 is 5.91 Å². The number of hydrogen-bond acceptors (Lipinski definition) is 5. The van der Waals surface area contributed by atoms with Gasteiger partial charge in [-0.2, -0.15) is 10.2 Å². The Labute approximate surface area is 206 Å². The Balaban J connectivity index is 1.33. The molecule has 0 bridgehead atoms. The Bertz CT molecular complexity index is 1560. The zero-order chi connectivity index (χ0) is 25.1. The topological polar surface area (TPSA) is 121 Å². The number of nitrogens with one attached hydrogen (secondary N) is 1. The second-order valence-corrected chi connectivity index (χ2v) is 8.00. The lowest BCUT2D eigenvalue weighted by molar-refractivity contribution is -0.111. The molecule has 0 aliphatic rings. The maximum absolute atomic E-state index is 12.6. The molecule has 0 spiro atoms. The number of hydrogen-bond donors (Lipinski definition) is 2. The minimum atomic E-state index is -0.593. The number of benzene rings is 2. The van der Waals surface area contributed by atoms with Crippen molar-refractivity contribution in [3.05, 3.63) is 108 Å². The van der Waals surface area contributed by atoms with Gasteiger partial charge in [0.15, 0.2) is 5.76 Å². The average Bonchev–Trinajstić information content (AvgIpc) is 3.63. The van der Waals surface area contributed by atoms with Crippen LogP contribution in [0.15, 0.2) is 95.7 Å². The lowest BCUT2D eigenvalue weighted by Crippen LogP contribution is -2.12. The van der Waals surface area contributed by atoms with Gasteiger partial charge < -0.3 is 15.5 Å². The van der Waals surface area contributed by atoms with Crippen LogP contribution in [0.4, 0.5) is 5.69 Å². The number of carbonyl (C=O) groups is 2. The van der Waals surface area contributed by atoms with E-state index in [0.717, 1.165) is 22.7 Å². The Kier molecular flexibility index (Phi) is 6.02. The number of furan rings is 1. The van der Waals surface area contributed by atoms with Crippen molar-refractivity contribution in [2.45, 2.75) is 6.92 Å². The summed E-state index contributed by atoms with van der Waals surface area (Å²) >= 11 is 0. The third-order valence-electron chi connectivity index (χ3n) is 5.39. The second-order valence-electron chi connectivity index (χ2n) is 8.00. The van der Waals surface area contributed by atoms with Gasteiger partial charge in [0.1, 0.15) is 17.1 Å². The van der Waals surface area contributed by atoms with Crippen molar-refractivity contribution in [2.24, 2.45) is 5.73 Å². The summed E-state index contributed by atoms with van der Waals surface area (Å²) in [7, 11) is 0. The molecule has 0 aliphatic heterocycles. The highest BCUT2D eigenvalue weighted by atomic mass is 16.3. The molecule has 5 rings (SSSR count). The Hall–Kier alpha value is -5.18. The predicted molar refractivity (Wildman–Crippen MR) is 136 cm³/mol. The van der Waals surface area contributed by atoms with Crippen molar-refractivity contribution in [1.82, 2.24) is 19.6 Å². The van der Waals surface area contributed by atoms with Crippen LogP contribution in [0.25, 0.3) is 28.9 Å². The molecule has 2 aromatic carbocycles. The molecule has 5 aromatic rings. The first-order valence-corrected chi connectivity index (χ1v) is 11.1. The van der Waals surface area contributed by atoms with E-state index in [-0.39, 0.29) is 11.6 Å². The molecule has 0 atom stereocenters. The number of anilines is 1. The Morgan fingerprint density at radius 1 is 0.917 bits per heavy atom. The number of primary amides is 1. The lowest BCUT2D eigenvalue weighted by Gasteiger charge is -2.05. The maximum atomic E-state index is 12.6. The van der Waals surface area contributed by atoms with Crippen molar-refractivity contribution in [3.8, 4) is 22.8 Å². The molecule has 36 heavy (non-hydrogen) atoms. The van der Waals surface area contributed by atoms with Crippen LogP contribution in [0.2, 0.25) is 0 Å². The van der Waals surface area contributed by atoms with Crippen LogP contribution in [-0.2, 0) is 4.79 Å². The molecule has 9 nitrogen and oxygen atoms in total. The van der Waals surface area contributed by atoms with E-state index in [1.807, 2.05) is 55.6 Å². The van der Waals surface area contributed by atoms with Crippen LogP contribution in [0.1, 0.15) is 21.8 Å². The third-order valence-corrected chi connectivity index (χ3v) is 5.39. The minimum Gasteiger partial charge on any atom is -0.460 e. The van der Waals surface area contributed by atoms with Gasteiger partial charge in [-0.1, -0.05) is 18.2 Å². The Morgan fingerprint density at radius 3 is 2.33 bits per heavy atom. The van der Waals surface area contributed by atoms with Crippen molar-refractivity contribution < 1.29 is 14.0 Å². The number of amides is 2. The van der Waals surface area contributed by atoms with Gasteiger partial charge in [-0.3, -0.25) is 9.59 Å². The van der Waals surface area contributed by atoms with Gasteiger partial charge in [-0.15, -0.1) is 0 Å². The maximum Gasteiger partial charge on any atom is 0.269 e. The summed E-state index contributed by atoms with van der Waals surface area (Å²) in [5, 5.41) is 11.6. The molecule has 0 fully saturated rings. The van der Waals surface area contributed by atoms with Crippen LogP contribution in [-0.4, -0.2) is 31.4 Å². The second kappa shape index (κ2) is 9.59. The molecular formula is C27H22N6O3. The van der Waals surface area contributed by atoms with Crippen LogP contribution >= 0.6 is 0 Å². The minimum absolute atomic E-state index is 0.178. The number of aromatic nitrogens is 4. The van der Waals surface area contributed by atoms with Crippen molar-refractivity contribution in [1.29, 1.82) is 0 Å². The van der Waals surface area contributed by atoms with E-state index in [9.17, 15) is 9.59 Å². The summed E-state index contributed by atoms with van der Waals surface area (Å²) in [6.45, 7) is 1.87. The first-order chi connectivity index (χ1) is 17.5. The van der Waals surface area contributed by atoms with Crippen LogP contribution in [0.5, 0.6) is 0 Å². The normalized spacial score (nSPS) is 11.1. The van der Waals surface area contributed by atoms with E-state index in [4.69, 9.17) is 10.2 Å². The predicted octanol–water partition coefficient (Wildman–Crippen LogP) is 4.38. The molecule has 0 aliphatic carbocycles. The number of rotatable bonds is 7. The lowest BCUT2D eigenvalue weighted by atomic mass is 10.2. The van der Waals surface area contributed by atoms with Gasteiger partial charge >= 0.3 is 0 Å². The van der Waals surface area contributed by atoms with E-state index >= 15 is 0 Å². The van der Waals surface area contributed by atoms with Crippen LogP contribution in [0, 0.1) is 6.92 Å². The molecule has 0 saturated heterocycles. The highest BCUT2D eigenvalue weighted by Crippen LogP contribution is 2.26. The number of nitrogens with two attached hydrogens (primary N) is 1. The van der Waals surface area contributed by atoms with Gasteiger partial charge in [-0.25, -0.2) is 9.36 Å². The average molecular weight is 479 g/mol. The van der Waals surface area contributed by atoms with Gasteiger partial charge in [0.2, 0.25) is 5.91 Å². The standard InChI is InChI=1S/C27H22N6O3/c1-18-7-13-24(36-18)26-19(17-33(31-26)21-5-3-2-4-6-21)8-14-25(34)29-20-9-11-22(12-10-20)32-16-15-23(30-32)27(28)35/h2-17H,1H3,(H2,28,35)(H,29,34)/b14-8+. The summed E-state index contributed by atoms with van der Waals surface area (Å²) in [6.07, 6.45) is 6.65. The first-order valence-electron chi connectivity index (χ1n) is 11.1. The van der Waals surface area contributed by atoms with Crippen molar-refractivity contribution >= 4 is 23.6 Å². The largest absolute Gasteiger partial charge is 0.460 e. The van der Waals surface area contributed by atoms with E-state index in [1.54, 1.807) is 47.3 Å². The molecule has 9 heteroatoms. The molecule has 3 heterocycles. The molecule has 0 saturated carbocycles. The zero-order valence-corrected chi connectivity index (χ0v) is 19.3.